The van der Waals surface area contributed by atoms with Gasteiger partial charge in [0.1, 0.15) is 5.75 Å². The number of aryl methyl sites for hydroxylation is 1. The Morgan fingerprint density at radius 1 is 1.33 bits per heavy atom. The van der Waals surface area contributed by atoms with Crippen LogP contribution in [0.3, 0.4) is 0 Å². The molecule has 0 bridgehead atoms. The molecule has 0 aliphatic heterocycles. The predicted octanol–water partition coefficient (Wildman–Crippen LogP) is 3.10. The van der Waals surface area contributed by atoms with Crippen molar-refractivity contribution in [1.82, 2.24) is 10.3 Å². The SMILES string of the molecule is CCc1ccc(OCC(=O)NCc2cccnc2)c(Br)c1. The summed E-state index contributed by atoms with van der Waals surface area (Å²) in [5.41, 5.74) is 2.18. The molecule has 21 heavy (non-hydrogen) atoms. The number of hydrogen-bond acceptors (Lipinski definition) is 3. The molecular weight excluding hydrogens is 332 g/mol. The fourth-order valence-corrected chi connectivity index (χ4v) is 2.32. The van der Waals surface area contributed by atoms with Crippen molar-refractivity contribution in [2.24, 2.45) is 0 Å². The first-order valence-corrected chi connectivity index (χ1v) is 7.55. The molecule has 0 fully saturated rings. The van der Waals surface area contributed by atoms with E-state index < -0.39 is 0 Å². The molecule has 0 atom stereocenters. The van der Waals surface area contributed by atoms with E-state index in [0.29, 0.717) is 12.3 Å². The van der Waals surface area contributed by atoms with Gasteiger partial charge in [0, 0.05) is 18.9 Å². The molecule has 2 aromatic rings. The van der Waals surface area contributed by atoms with E-state index in [9.17, 15) is 4.79 Å². The van der Waals surface area contributed by atoms with Gasteiger partial charge in [0.25, 0.3) is 5.91 Å². The minimum Gasteiger partial charge on any atom is -0.483 e. The molecule has 110 valence electrons. The number of amides is 1. The number of aromatic nitrogens is 1. The zero-order chi connectivity index (χ0) is 15.1. The third kappa shape index (κ3) is 4.86. The van der Waals surface area contributed by atoms with Gasteiger partial charge in [0.15, 0.2) is 6.61 Å². The average Bonchev–Trinajstić information content (AvgIpc) is 2.52. The second-order valence-corrected chi connectivity index (χ2v) is 5.40. The molecule has 0 radical (unpaired) electrons. The molecule has 0 aliphatic carbocycles. The van der Waals surface area contributed by atoms with Crippen molar-refractivity contribution in [3.05, 3.63) is 58.3 Å². The molecule has 0 aliphatic rings. The van der Waals surface area contributed by atoms with Gasteiger partial charge < -0.3 is 10.1 Å². The monoisotopic (exact) mass is 348 g/mol. The number of carbonyl (C=O) groups excluding carboxylic acids is 1. The van der Waals surface area contributed by atoms with E-state index in [-0.39, 0.29) is 12.5 Å². The Labute approximate surface area is 132 Å². The van der Waals surface area contributed by atoms with Crippen LogP contribution in [-0.2, 0) is 17.8 Å². The predicted molar refractivity (Wildman–Crippen MR) is 85.1 cm³/mol. The standard InChI is InChI=1S/C16H17BrN2O2/c1-2-12-5-6-15(14(17)8-12)21-11-16(20)19-10-13-4-3-7-18-9-13/h3-9H,2,10-11H2,1H3,(H,19,20). The van der Waals surface area contributed by atoms with E-state index in [1.54, 1.807) is 12.4 Å². The first kappa shape index (κ1) is 15.5. The summed E-state index contributed by atoms with van der Waals surface area (Å²) in [5, 5.41) is 2.79. The van der Waals surface area contributed by atoms with E-state index in [4.69, 9.17) is 4.74 Å². The van der Waals surface area contributed by atoms with Crippen molar-refractivity contribution in [2.75, 3.05) is 6.61 Å². The van der Waals surface area contributed by atoms with Crippen LogP contribution in [0, 0.1) is 0 Å². The maximum atomic E-state index is 11.8. The van der Waals surface area contributed by atoms with Crippen molar-refractivity contribution in [2.45, 2.75) is 19.9 Å². The molecule has 1 amide bonds. The minimum atomic E-state index is -0.162. The summed E-state index contributed by atoms with van der Waals surface area (Å²) in [4.78, 5) is 15.7. The second kappa shape index (κ2) is 7.78. The van der Waals surface area contributed by atoms with Crippen LogP contribution in [0.15, 0.2) is 47.2 Å². The van der Waals surface area contributed by atoms with Crippen LogP contribution in [0.1, 0.15) is 18.1 Å². The molecule has 1 aromatic heterocycles. The van der Waals surface area contributed by atoms with Crippen molar-refractivity contribution in [3.63, 3.8) is 0 Å². The topological polar surface area (TPSA) is 51.2 Å². The summed E-state index contributed by atoms with van der Waals surface area (Å²) < 4.78 is 6.37. The van der Waals surface area contributed by atoms with E-state index in [1.165, 1.54) is 5.56 Å². The number of rotatable bonds is 6. The Morgan fingerprint density at radius 2 is 2.19 bits per heavy atom. The van der Waals surface area contributed by atoms with Crippen LogP contribution in [0.2, 0.25) is 0 Å². The molecule has 4 nitrogen and oxygen atoms in total. The lowest BCUT2D eigenvalue weighted by atomic mass is 10.2. The van der Waals surface area contributed by atoms with Gasteiger partial charge in [-0.15, -0.1) is 0 Å². The van der Waals surface area contributed by atoms with Crippen LogP contribution in [-0.4, -0.2) is 17.5 Å². The second-order valence-electron chi connectivity index (χ2n) is 4.55. The first-order chi connectivity index (χ1) is 10.2. The zero-order valence-electron chi connectivity index (χ0n) is 11.8. The highest BCUT2D eigenvalue weighted by atomic mass is 79.9. The van der Waals surface area contributed by atoms with Gasteiger partial charge in [-0.25, -0.2) is 0 Å². The van der Waals surface area contributed by atoms with E-state index in [2.05, 4.69) is 33.2 Å². The van der Waals surface area contributed by atoms with Gasteiger partial charge in [-0.1, -0.05) is 19.1 Å². The number of hydrogen-bond donors (Lipinski definition) is 1. The molecule has 2 rings (SSSR count). The number of halogens is 1. The summed E-state index contributed by atoms with van der Waals surface area (Å²) in [5.74, 6) is 0.508. The van der Waals surface area contributed by atoms with E-state index >= 15 is 0 Å². The fourth-order valence-electron chi connectivity index (χ4n) is 1.78. The van der Waals surface area contributed by atoms with Crippen molar-refractivity contribution >= 4 is 21.8 Å². The fraction of sp³-hybridized carbons (Fsp3) is 0.250. The van der Waals surface area contributed by atoms with Gasteiger partial charge in [-0.3, -0.25) is 9.78 Å². The minimum absolute atomic E-state index is 0.00959. The highest BCUT2D eigenvalue weighted by Gasteiger charge is 2.06. The van der Waals surface area contributed by atoms with Crippen LogP contribution in [0.4, 0.5) is 0 Å². The third-order valence-electron chi connectivity index (χ3n) is 2.98. The molecule has 1 heterocycles. The summed E-state index contributed by atoms with van der Waals surface area (Å²) in [6, 6.07) is 9.62. The molecule has 5 heteroatoms. The van der Waals surface area contributed by atoms with Crippen LogP contribution >= 0.6 is 15.9 Å². The Bertz CT molecular complexity index is 602. The van der Waals surface area contributed by atoms with Crippen molar-refractivity contribution < 1.29 is 9.53 Å². The summed E-state index contributed by atoms with van der Waals surface area (Å²) in [6.07, 6.45) is 4.39. The van der Waals surface area contributed by atoms with Crippen molar-refractivity contribution in [3.8, 4) is 5.75 Å². The lowest BCUT2D eigenvalue weighted by Gasteiger charge is -2.09. The number of nitrogens with zero attached hydrogens (tertiary/aromatic N) is 1. The van der Waals surface area contributed by atoms with E-state index in [0.717, 1.165) is 16.5 Å². The Balaban J connectivity index is 1.81. The lowest BCUT2D eigenvalue weighted by molar-refractivity contribution is -0.123. The first-order valence-electron chi connectivity index (χ1n) is 6.76. The Morgan fingerprint density at radius 3 is 2.86 bits per heavy atom. The maximum absolute atomic E-state index is 11.8. The number of pyridine rings is 1. The molecule has 0 unspecified atom stereocenters. The summed E-state index contributed by atoms with van der Waals surface area (Å²) >= 11 is 3.45. The molecule has 0 spiro atoms. The highest BCUT2D eigenvalue weighted by molar-refractivity contribution is 9.10. The number of nitrogens with one attached hydrogen (secondary N) is 1. The Kier molecular flexibility index (Phi) is 5.75. The number of benzene rings is 1. The lowest BCUT2D eigenvalue weighted by Crippen LogP contribution is -2.28. The van der Waals surface area contributed by atoms with Gasteiger partial charge in [-0.2, -0.15) is 0 Å². The molecular formula is C16H17BrN2O2. The molecule has 0 saturated carbocycles. The Hall–Kier alpha value is -1.88. The number of ether oxygens (including phenoxy) is 1. The quantitative estimate of drug-likeness (QED) is 0.872. The summed E-state index contributed by atoms with van der Waals surface area (Å²) in [7, 11) is 0. The average molecular weight is 349 g/mol. The summed E-state index contributed by atoms with van der Waals surface area (Å²) in [6.45, 7) is 2.53. The smallest absolute Gasteiger partial charge is 0.258 e. The molecule has 0 saturated heterocycles. The maximum Gasteiger partial charge on any atom is 0.258 e. The van der Waals surface area contributed by atoms with Crippen LogP contribution in [0.5, 0.6) is 5.75 Å². The molecule has 1 aromatic carbocycles. The van der Waals surface area contributed by atoms with Gasteiger partial charge >= 0.3 is 0 Å². The van der Waals surface area contributed by atoms with Gasteiger partial charge in [0.2, 0.25) is 0 Å². The van der Waals surface area contributed by atoms with Crippen LogP contribution in [0.25, 0.3) is 0 Å². The molecule has 1 N–H and O–H groups in total. The zero-order valence-corrected chi connectivity index (χ0v) is 13.4. The van der Waals surface area contributed by atoms with Gasteiger partial charge in [0.05, 0.1) is 4.47 Å². The third-order valence-corrected chi connectivity index (χ3v) is 3.60. The number of carbonyl (C=O) groups is 1. The highest BCUT2D eigenvalue weighted by Crippen LogP contribution is 2.26. The van der Waals surface area contributed by atoms with Gasteiger partial charge in [-0.05, 0) is 51.7 Å². The largest absolute Gasteiger partial charge is 0.483 e. The van der Waals surface area contributed by atoms with Crippen LogP contribution < -0.4 is 10.1 Å². The van der Waals surface area contributed by atoms with E-state index in [1.807, 2.05) is 30.3 Å². The normalized spacial score (nSPS) is 10.2. The van der Waals surface area contributed by atoms with Crippen molar-refractivity contribution in [1.29, 1.82) is 0 Å².